The number of carbonyl (C=O) groups is 2. The Hall–Kier alpha value is -3.56. The van der Waals surface area contributed by atoms with Crippen LogP contribution in [0.1, 0.15) is 67.3 Å². The van der Waals surface area contributed by atoms with Gasteiger partial charge in [-0.1, -0.05) is 0 Å². The number of amides is 2. The number of guanidine groups is 1. The van der Waals surface area contributed by atoms with E-state index < -0.39 is 23.6 Å². The highest BCUT2D eigenvalue weighted by Gasteiger charge is 2.28. The second-order valence-electron chi connectivity index (χ2n) is 9.06. The molecule has 0 aromatic heterocycles. The smallest absolute Gasteiger partial charge is 0.407 e. The Morgan fingerprint density at radius 2 is 1.72 bits per heavy atom. The van der Waals surface area contributed by atoms with Gasteiger partial charge in [-0.25, -0.2) is 23.0 Å². The molecule has 0 radical (unpaired) electrons. The monoisotopic (exact) mass is 502 g/mol. The van der Waals surface area contributed by atoms with Crippen molar-refractivity contribution in [1.29, 1.82) is 0 Å². The summed E-state index contributed by atoms with van der Waals surface area (Å²) in [5.74, 6) is -2.81. The lowest BCUT2D eigenvalue weighted by molar-refractivity contribution is 0.0976. The summed E-state index contributed by atoms with van der Waals surface area (Å²) in [7, 11) is 0. The van der Waals surface area contributed by atoms with Crippen LogP contribution in [0.2, 0.25) is 0 Å². The summed E-state index contributed by atoms with van der Waals surface area (Å²) in [5.41, 5.74) is 1.36. The van der Waals surface area contributed by atoms with Gasteiger partial charge in [0.1, 0.15) is 5.82 Å². The first-order valence-corrected chi connectivity index (χ1v) is 12.2. The zero-order chi connectivity index (χ0) is 25.7. The fraction of sp³-hybridized carbons (Fsp3) is 0.423. The zero-order valence-corrected chi connectivity index (χ0v) is 20.0. The number of hydrogen-bond donors (Lipinski definition) is 3. The van der Waals surface area contributed by atoms with Gasteiger partial charge in [0.25, 0.3) is 5.91 Å². The van der Waals surface area contributed by atoms with E-state index in [0.29, 0.717) is 38.0 Å². The first kappa shape index (κ1) is 25.5. The van der Waals surface area contributed by atoms with Crippen molar-refractivity contribution in [3.05, 3.63) is 65.0 Å². The van der Waals surface area contributed by atoms with Crippen LogP contribution < -0.4 is 16.0 Å². The summed E-state index contributed by atoms with van der Waals surface area (Å²) < 4.78 is 45.8. The van der Waals surface area contributed by atoms with Crippen molar-refractivity contribution in [2.75, 3.05) is 11.9 Å². The van der Waals surface area contributed by atoms with E-state index in [-0.39, 0.29) is 35.3 Å². The van der Waals surface area contributed by atoms with Gasteiger partial charge in [-0.3, -0.25) is 10.1 Å². The molecule has 0 aliphatic heterocycles. The Bertz CT molecular complexity index is 1150. The van der Waals surface area contributed by atoms with Gasteiger partial charge >= 0.3 is 6.09 Å². The number of nitrogens with one attached hydrogen (secondary N) is 3. The minimum Gasteiger partial charge on any atom is -0.450 e. The van der Waals surface area contributed by atoms with Gasteiger partial charge in [0.2, 0.25) is 5.96 Å². The van der Waals surface area contributed by atoms with Crippen molar-refractivity contribution in [2.24, 2.45) is 4.99 Å². The molecule has 2 aromatic rings. The van der Waals surface area contributed by atoms with Gasteiger partial charge in [0, 0.05) is 17.3 Å². The molecule has 7 nitrogen and oxygen atoms in total. The first-order valence-electron chi connectivity index (χ1n) is 12.2. The van der Waals surface area contributed by atoms with Crippen LogP contribution in [0.25, 0.3) is 0 Å². The van der Waals surface area contributed by atoms with Crippen LogP contribution in [-0.2, 0) is 4.74 Å². The van der Waals surface area contributed by atoms with Gasteiger partial charge in [0.05, 0.1) is 12.6 Å². The van der Waals surface area contributed by atoms with Crippen molar-refractivity contribution in [1.82, 2.24) is 10.6 Å². The predicted molar refractivity (Wildman–Crippen MR) is 129 cm³/mol. The summed E-state index contributed by atoms with van der Waals surface area (Å²) in [6.45, 7) is 2.04. The lowest BCUT2D eigenvalue weighted by Gasteiger charge is -2.27. The Balaban J connectivity index is 1.51. The first-order chi connectivity index (χ1) is 17.3. The Labute approximate surface area is 207 Å². The number of rotatable bonds is 6. The average molecular weight is 503 g/mol. The van der Waals surface area contributed by atoms with Crippen LogP contribution in [0.4, 0.5) is 23.7 Å². The lowest BCUT2D eigenvalue weighted by Crippen LogP contribution is -2.40. The summed E-state index contributed by atoms with van der Waals surface area (Å²) >= 11 is 0. The fourth-order valence-corrected chi connectivity index (χ4v) is 4.29. The Kier molecular flexibility index (Phi) is 8.12. The van der Waals surface area contributed by atoms with Crippen LogP contribution in [-0.4, -0.2) is 36.7 Å². The van der Waals surface area contributed by atoms with E-state index in [1.807, 2.05) is 0 Å². The number of benzene rings is 2. The molecule has 3 N–H and O–H groups in total. The maximum atomic E-state index is 13.9. The van der Waals surface area contributed by atoms with Gasteiger partial charge in [-0.15, -0.1) is 0 Å². The highest BCUT2D eigenvalue weighted by molar-refractivity contribution is 6.10. The molecule has 192 valence electrons. The van der Waals surface area contributed by atoms with Crippen LogP contribution >= 0.6 is 0 Å². The second kappa shape index (κ2) is 11.5. The summed E-state index contributed by atoms with van der Waals surface area (Å²) in [5, 5.41) is 8.62. The predicted octanol–water partition coefficient (Wildman–Crippen LogP) is 5.24. The second-order valence-corrected chi connectivity index (χ2v) is 9.06. The van der Waals surface area contributed by atoms with Gasteiger partial charge in [-0.05, 0) is 93.3 Å². The standard InChI is InChI=1S/C26H29F3N4O3/c1-2-36-26(35)31-19-9-7-18(8-10-19)30-25(33-24(34)16-5-11-21(28)22(29)13-16)32-23-12-6-17(27)14-20(23)15-3-4-15/h5-6,11-15,18-19H,2-4,7-10H2,1H3,(H,31,35)(H2,30,32,33,34). The number of anilines is 1. The normalized spacial score (nSPS) is 19.9. The average Bonchev–Trinajstić information content (AvgIpc) is 3.69. The number of aliphatic imine (C=N–C) groups is 1. The quantitative estimate of drug-likeness (QED) is 0.372. The van der Waals surface area contributed by atoms with Crippen LogP contribution in [0.5, 0.6) is 0 Å². The minimum absolute atomic E-state index is 0.0257. The topological polar surface area (TPSA) is 91.8 Å². The van der Waals surface area contributed by atoms with Gasteiger partial charge in [0.15, 0.2) is 11.6 Å². The van der Waals surface area contributed by atoms with E-state index >= 15 is 0 Å². The Morgan fingerprint density at radius 1 is 0.972 bits per heavy atom. The molecular formula is C26H29F3N4O3. The van der Waals surface area contributed by atoms with Crippen molar-refractivity contribution in [2.45, 2.75) is 63.5 Å². The van der Waals surface area contributed by atoms with Crippen molar-refractivity contribution in [3.63, 3.8) is 0 Å². The third-order valence-corrected chi connectivity index (χ3v) is 6.30. The maximum Gasteiger partial charge on any atom is 0.407 e. The number of hydrogen-bond acceptors (Lipinski definition) is 4. The molecule has 2 aromatic carbocycles. The van der Waals surface area contributed by atoms with Crippen molar-refractivity contribution < 1.29 is 27.5 Å². The van der Waals surface area contributed by atoms with E-state index in [4.69, 9.17) is 9.73 Å². The minimum atomic E-state index is -1.13. The fourth-order valence-electron chi connectivity index (χ4n) is 4.29. The maximum absolute atomic E-state index is 13.9. The van der Waals surface area contributed by atoms with Crippen molar-refractivity contribution in [3.8, 4) is 0 Å². The molecule has 0 bridgehead atoms. The number of carbonyl (C=O) groups excluding carboxylic acids is 2. The third kappa shape index (κ3) is 6.77. The highest BCUT2D eigenvalue weighted by Crippen LogP contribution is 2.43. The van der Waals surface area contributed by atoms with Gasteiger partial charge < -0.3 is 15.4 Å². The summed E-state index contributed by atoms with van der Waals surface area (Å²) in [6, 6.07) is 7.12. The molecule has 2 saturated carbocycles. The van der Waals surface area contributed by atoms with Gasteiger partial charge in [-0.2, -0.15) is 0 Å². The summed E-state index contributed by atoms with van der Waals surface area (Å²) in [4.78, 5) is 29.2. The van der Waals surface area contributed by atoms with Crippen molar-refractivity contribution >= 4 is 23.6 Å². The van der Waals surface area contributed by atoms with E-state index in [0.717, 1.165) is 30.5 Å². The van der Waals surface area contributed by atoms with Crippen LogP contribution in [0.15, 0.2) is 41.4 Å². The van der Waals surface area contributed by atoms with E-state index in [9.17, 15) is 22.8 Å². The molecule has 0 saturated heterocycles. The SMILES string of the molecule is CCOC(=O)NC1CCC(N=C(NC(=O)c2ccc(F)c(F)c2)Nc2ccc(F)cc2C2CC2)CC1. The zero-order valence-electron chi connectivity index (χ0n) is 20.0. The van der Waals surface area contributed by atoms with E-state index in [1.165, 1.54) is 18.2 Å². The number of nitrogens with zero attached hydrogens (tertiary/aromatic N) is 1. The molecule has 2 aliphatic carbocycles. The third-order valence-electron chi connectivity index (χ3n) is 6.30. The van der Waals surface area contributed by atoms with E-state index in [2.05, 4.69) is 16.0 Å². The van der Waals surface area contributed by atoms with Crippen LogP contribution in [0, 0.1) is 17.5 Å². The largest absolute Gasteiger partial charge is 0.450 e. The lowest BCUT2D eigenvalue weighted by atomic mass is 9.92. The molecule has 2 fully saturated rings. The number of ether oxygens (including phenoxy) is 1. The van der Waals surface area contributed by atoms with E-state index in [1.54, 1.807) is 13.0 Å². The molecular weight excluding hydrogens is 473 g/mol. The molecule has 0 atom stereocenters. The van der Waals surface area contributed by atoms with Crippen LogP contribution in [0.3, 0.4) is 0 Å². The number of halogens is 3. The molecule has 0 heterocycles. The molecule has 2 aliphatic rings. The molecule has 2 amide bonds. The highest BCUT2D eigenvalue weighted by atomic mass is 19.2. The summed E-state index contributed by atoms with van der Waals surface area (Å²) in [6.07, 6.45) is 4.12. The Morgan fingerprint density at radius 3 is 2.39 bits per heavy atom. The molecule has 4 rings (SSSR count). The number of alkyl carbamates (subject to hydrolysis) is 1. The molecule has 36 heavy (non-hydrogen) atoms. The molecule has 0 spiro atoms. The molecule has 0 unspecified atom stereocenters. The molecule has 10 heteroatoms.